The standard InChI is InChI=1S/C19H25FN2O2/c20-16-9-7-15(8-10-16)17-5-1-4-13-22(17)19(24)11-14-21-12-3-2-6-18(21)23/h7-10,17H,1-6,11-14H2/t17-/m0/s1. The third kappa shape index (κ3) is 3.94. The molecule has 130 valence electrons. The van der Waals surface area contributed by atoms with Crippen LogP contribution in [0.15, 0.2) is 24.3 Å². The predicted molar refractivity (Wildman–Crippen MR) is 89.8 cm³/mol. The van der Waals surface area contributed by atoms with Crippen LogP contribution in [0.25, 0.3) is 0 Å². The zero-order valence-electron chi connectivity index (χ0n) is 14.0. The summed E-state index contributed by atoms with van der Waals surface area (Å²) in [4.78, 5) is 28.3. The van der Waals surface area contributed by atoms with Gasteiger partial charge in [-0.3, -0.25) is 9.59 Å². The van der Waals surface area contributed by atoms with Crippen molar-refractivity contribution in [1.82, 2.24) is 9.80 Å². The lowest BCUT2D eigenvalue weighted by Crippen LogP contribution is -2.42. The van der Waals surface area contributed by atoms with Gasteiger partial charge in [0.05, 0.1) is 6.04 Å². The van der Waals surface area contributed by atoms with Crippen LogP contribution in [-0.4, -0.2) is 41.2 Å². The number of carbonyl (C=O) groups excluding carboxylic acids is 2. The van der Waals surface area contributed by atoms with Crippen molar-refractivity contribution >= 4 is 11.8 Å². The van der Waals surface area contributed by atoms with E-state index in [9.17, 15) is 14.0 Å². The lowest BCUT2D eigenvalue weighted by molar-refractivity contribution is -0.137. The summed E-state index contributed by atoms with van der Waals surface area (Å²) in [6.45, 7) is 2.03. The highest BCUT2D eigenvalue weighted by Crippen LogP contribution is 2.31. The molecule has 0 spiro atoms. The van der Waals surface area contributed by atoms with E-state index in [1.807, 2.05) is 9.80 Å². The molecule has 2 saturated heterocycles. The average Bonchev–Trinajstić information content (AvgIpc) is 2.61. The van der Waals surface area contributed by atoms with Gasteiger partial charge in [0.25, 0.3) is 0 Å². The van der Waals surface area contributed by atoms with Crippen molar-refractivity contribution in [3.63, 3.8) is 0 Å². The molecule has 2 aliphatic heterocycles. The van der Waals surface area contributed by atoms with Gasteiger partial charge in [0, 0.05) is 32.5 Å². The quantitative estimate of drug-likeness (QED) is 0.849. The number of likely N-dealkylation sites (tertiary alicyclic amines) is 2. The first-order valence-corrected chi connectivity index (χ1v) is 8.98. The third-order valence-electron chi connectivity index (χ3n) is 5.09. The van der Waals surface area contributed by atoms with Gasteiger partial charge >= 0.3 is 0 Å². The van der Waals surface area contributed by atoms with Crippen LogP contribution >= 0.6 is 0 Å². The summed E-state index contributed by atoms with van der Waals surface area (Å²) in [7, 11) is 0. The lowest BCUT2D eigenvalue weighted by Gasteiger charge is -2.37. The van der Waals surface area contributed by atoms with Gasteiger partial charge in [-0.05, 0) is 49.8 Å². The van der Waals surface area contributed by atoms with Gasteiger partial charge in [-0.2, -0.15) is 0 Å². The molecule has 3 rings (SSSR count). The summed E-state index contributed by atoms with van der Waals surface area (Å²) in [5.41, 5.74) is 0.999. The largest absolute Gasteiger partial charge is 0.342 e. The average molecular weight is 332 g/mol. The number of halogens is 1. The summed E-state index contributed by atoms with van der Waals surface area (Å²) in [5, 5.41) is 0. The van der Waals surface area contributed by atoms with Gasteiger partial charge in [0.15, 0.2) is 0 Å². The summed E-state index contributed by atoms with van der Waals surface area (Å²) in [5.74, 6) is 0.0150. The molecular formula is C19H25FN2O2. The van der Waals surface area contributed by atoms with Crippen molar-refractivity contribution in [2.75, 3.05) is 19.6 Å². The van der Waals surface area contributed by atoms with E-state index in [2.05, 4.69) is 0 Å². The fourth-order valence-corrected chi connectivity index (χ4v) is 3.73. The normalized spacial score (nSPS) is 21.9. The SMILES string of the molecule is O=C1CCCCN1CCC(=O)N1CCCC[C@H]1c1ccc(F)cc1. The molecular weight excluding hydrogens is 307 g/mol. The van der Waals surface area contributed by atoms with Crippen molar-refractivity contribution in [2.24, 2.45) is 0 Å². The maximum atomic E-state index is 13.2. The van der Waals surface area contributed by atoms with E-state index in [4.69, 9.17) is 0 Å². The number of rotatable bonds is 4. The smallest absolute Gasteiger partial charge is 0.224 e. The number of piperidine rings is 2. The molecule has 2 amide bonds. The second kappa shape index (κ2) is 7.77. The molecule has 0 N–H and O–H groups in total. The minimum atomic E-state index is -0.254. The molecule has 2 aliphatic rings. The van der Waals surface area contributed by atoms with Gasteiger partial charge in [0.2, 0.25) is 11.8 Å². The Morgan fingerprint density at radius 1 is 1.08 bits per heavy atom. The summed E-state index contributed by atoms with van der Waals surface area (Å²) in [6.07, 6.45) is 5.98. The molecule has 5 heteroatoms. The second-order valence-electron chi connectivity index (χ2n) is 6.74. The van der Waals surface area contributed by atoms with Crippen LogP contribution in [0.1, 0.15) is 56.6 Å². The van der Waals surface area contributed by atoms with Crippen LogP contribution in [0.5, 0.6) is 0 Å². The number of amides is 2. The van der Waals surface area contributed by atoms with Crippen molar-refractivity contribution in [1.29, 1.82) is 0 Å². The Morgan fingerprint density at radius 3 is 2.58 bits per heavy atom. The number of benzene rings is 1. The Morgan fingerprint density at radius 2 is 1.83 bits per heavy atom. The molecule has 0 unspecified atom stereocenters. The Balaban J connectivity index is 1.62. The topological polar surface area (TPSA) is 40.6 Å². The van der Waals surface area contributed by atoms with E-state index >= 15 is 0 Å². The minimum Gasteiger partial charge on any atom is -0.342 e. The monoisotopic (exact) mass is 332 g/mol. The summed E-state index contributed by atoms with van der Waals surface area (Å²) < 4.78 is 13.2. The molecule has 2 fully saturated rings. The van der Waals surface area contributed by atoms with E-state index in [1.165, 1.54) is 12.1 Å². The molecule has 0 bridgehead atoms. The molecule has 0 saturated carbocycles. The Kier molecular flexibility index (Phi) is 5.48. The number of nitrogens with zero attached hydrogens (tertiary/aromatic N) is 2. The maximum absolute atomic E-state index is 13.2. The van der Waals surface area contributed by atoms with Gasteiger partial charge in [-0.25, -0.2) is 4.39 Å². The van der Waals surface area contributed by atoms with Crippen LogP contribution in [0.2, 0.25) is 0 Å². The zero-order chi connectivity index (χ0) is 16.9. The third-order valence-corrected chi connectivity index (χ3v) is 5.09. The molecule has 2 heterocycles. The van der Waals surface area contributed by atoms with E-state index in [-0.39, 0.29) is 23.7 Å². The van der Waals surface area contributed by atoms with Gasteiger partial charge in [-0.15, -0.1) is 0 Å². The number of hydrogen-bond acceptors (Lipinski definition) is 2. The lowest BCUT2D eigenvalue weighted by atomic mass is 9.95. The number of hydrogen-bond donors (Lipinski definition) is 0. The fraction of sp³-hybridized carbons (Fsp3) is 0.579. The molecule has 1 aromatic rings. The van der Waals surface area contributed by atoms with Crippen LogP contribution < -0.4 is 0 Å². The molecule has 1 atom stereocenters. The van der Waals surface area contributed by atoms with Crippen molar-refractivity contribution < 1.29 is 14.0 Å². The van der Waals surface area contributed by atoms with Crippen molar-refractivity contribution in [2.45, 2.75) is 51.0 Å². The Hall–Kier alpha value is -1.91. The highest BCUT2D eigenvalue weighted by atomic mass is 19.1. The van der Waals surface area contributed by atoms with Crippen LogP contribution in [0, 0.1) is 5.82 Å². The Labute approximate surface area is 142 Å². The molecule has 0 aliphatic carbocycles. The minimum absolute atomic E-state index is 0.0314. The Bertz CT molecular complexity index is 588. The highest BCUT2D eigenvalue weighted by Gasteiger charge is 2.28. The zero-order valence-corrected chi connectivity index (χ0v) is 14.0. The molecule has 0 radical (unpaired) electrons. The fourth-order valence-electron chi connectivity index (χ4n) is 3.73. The first kappa shape index (κ1) is 16.9. The molecule has 24 heavy (non-hydrogen) atoms. The van der Waals surface area contributed by atoms with E-state index in [0.29, 0.717) is 19.4 Å². The van der Waals surface area contributed by atoms with E-state index < -0.39 is 0 Å². The first-order chi connectivity index (χ1) is 11.6. The van der Waals surface area contributed by atoms with Crippen LogP contribution in [-0.2, 0) is 9.59 Å². The summed E-state index contributed by atoms with van der Waals surface area (Å²) in [6, 6.07) is 6.50. The number of carbonyl (C=O) groups is 2. The van der Waals surface area contributed by atoms with Gasteiger partial charge in [0.1, 0.15) is 5.82 Å². The maximum Gasteiger partial charge on any atom is 0.224 e. The first-order valence-electron chi connectivity index (χ1n) is 8.98. The van der Waals surface area contributed by atoms with Gasteiger partial charge < -0.3 is 9.80 Å². The molecule has 1 aromatic carbocycles. The van der Waals surface area contributed by atoms with E-state index in [1.54, 1.807) is 12.1 Å². The predicted octanol–water partition coefficient (Wildman–Crippen LogP) is 3.28. The highest BCUT2D eigenvalue weighted by molar-refractivity contribution is 5.80. The van der Waals surface area contributed by atoms with Crippen LogP contribution in [0.3, 0.4) is 0 Å². The van der Waals surface area contributed by atoms with Crippen LogP contribution in [0.4, 0.5) is 4.39 Å². The van der Waals surface area contributed by atoms with Crippen molar-refractivity contribution in [3.8, 4) is 0 Å². The summed E-state index contributed by atoms with van der Waals surface area (Å²) >= 11 is 0. The van der Waals surface area contributed by atoms with Crippen molar-refractivity contribution in [3.05, 3.63) is 35.6 Å². The molecule has 4 nitrogen and oxygen atoms in total. The molecule has 0 aromatic heterocycles. The van der Waals surface area contributed by atoms with Gasteiger partial charge in [-0.1, -0.05) is 12.1 Å². The second-order valence-corrected chi connectivity index (χ2v) is 6.74. The van der Waals surface area contributed by atoms with E-state index in [0.717, 1.165) is 50.8 Å².